The van der Waals surface area contributed by atoms with Crippen molar-refractivity contribution in [3.8, 4) is 11.5 Å². The van der Waals surface area contributed by atoms with Crippen LogP contribution in [0.3, 0.4) is 0 Å². The molecule has 7 nitrogen and oxygen atoms in total. The van der Waals surface area contributed by atoms with Crippen LogP contribution >= 0.6 is 39.3 Å². The lowest BCUT2D eigenvalue weighted by Gasteiger charge is -2.15. The van der Waals surface area contributed by atoms with E-state index in [1.165, 1.54) is 0 Å². The summed E-state index contributed by atoms with van der Waals surface area (Å²) in [5.74, 6) is -0.0188. The van der Waals surface area contributed by atoms with E-state index in [-0.39, 0.29) is 18.1 Å². The SMILES string of the molecule is CCOc1cc(/C=C2/SC(=O)N(CC(=O)Nc3c(C)cccc3C)C2=O)cc(Br)c1OCc1ccccc1Cl. The molecule has 0 atom stereocenters. The number of carbonyl (C=O) groups excluding carboxylic acids is 3. The molecule has 3 aromatic rings. The number of hydrogen-bond donors (Lipinski definition) is 1. The van der Waals surface area contributed by atoms with Crippen molar-refractivity contribution in [2.75, 3.05) is 18.5 Å². The second-order valence-corrected chi connectivity index (χ2v) is 11.0. The molecule has 0 saturated carbocycles. The first kappa shape index (κ1) is 28.7. The highest BCUT2D eigenvalue weighted by Gasteiger charge is 2.36. The van der Waals surface area contributed by atoms with Gasteiger partial charge >= 0.3 is 0 Å². The Morgan fingerprint density at radius 2 is 1.79 bits per heavy atom. The predicted octanol–water partition coefficient (Wildman–Crippen LogP) is 7.37. The van der Waals surface area contributed by atoms with Crippen LogP contribution in [0.1, 0.15) is 29.2 Å². The van der Waals surface area contributed by atoms with Crippen LogP contribution < -0.4 is 14.8 Å². The summed E-state index contributed by atoms with van der Waals surface area (Å²) in [7, 11) is 0. The largest absolute Gasteiger partial charge is 0.490 e. The number of anilines is 1. The summed E-state index contributed by atoms with van der Waals surface area (Å²) in [6.07, 6.45) is 1.60. The Bertz CT molecular complexity index is 1460. The van der Waals surface area contributed by atoms with Crippen LogP contribution in [0.15, 0.2) is 64.0 Å². The van der Waals surface area contributed by atoms with Gasteiger partial charge in [-0.25, -0.2) is 0 Å². The molecule has 3 amide bonds. The fourth-order valence-corrected chi connectivity index (χ4v) is 5.56. The first-order chi connectivity index (χ1) is 18.7. The Labute approximate surface area is 244 Å². The van der Waals surface area contributed by atoms with Crippen LogP contribution in [0.5, 0.6) is 11.5 Å². The normalized spacial score (nSPS) is 14.2. The molecule has 0 radical (unpaired) electrons. The molecule has 1 aliphatic heterocycles. The molecule has 39 heavy (non-hydrogen) atoms. The predicted molar refractivity (Wildman–Crippen MR) is 158 cm³/mol. The Kier molecular flexibility index (Phi) is 9.37. The van der Waals surface area contributed by atoms with Gasteiger partial charge in [0.1, 0.15) is 13.2 Å². The smallest absolute Gasteiger partial charge is 0.294 e. The summed E-state index contributed by atoms with van der Waals surface area (Å²) < 4.78 is 12.4. The maximum absolute atomic E-state index is 13.1. The van der Waals surface area contributed by atoms with Gasteiger partial charge < -0.3 is 14.8 Å². The number of benzene rings is 3. The Morgan fingerprint density at radius 3 is 2.49 bits per heavy atom. The van der Waals surface area contributed by atoms with Crippen LogP contribution in [-0.4, -0.2) is 35.1 Å². The molecule has 0 aromatic heterocycles. The van der Waals surface area contributed by atoms with E-state index in [4.69, 9.17) is 21.1 Å². The number of para-hydroxylation sites is 1. The van der Waals surface area contributed by atoms with Crippen LogP contribution in [0.25, 0.3) is 6.08 Å². The van der Waals surface area contributed by atoms with Gasteiger partial charge in [-0.3, -0.25) is 19.3 Å². The first-order valence-corrected chi connectivity index (χ1v) is 14.1. The van der Waals surface area contributed by atoms with Crippen molar-refractivity contribution in [2.24, 2.45) is 0 Å². The van der Waals surface area contributed by atoms with Crippen LogP contribution in [0.2, 0.25) is 5.02 Å². The summed E-state index contributed by atoms with van der Waals surface area (Å²) in [4.78, 5) is 39.5. The third-order valence-electron chi connectivity index (χ3n) is 5.88. The zero-order valence-electron chi connectivity index (χ0n) is 21.5. The summed E-state index contributed by atoms with van der Waals surface area (Å²) in [5, 5.41) is 2.91. The van der Waals surface area contributed by atoms with Crippen molar-refractivity contribution >= 4 is 68.1 Å². The van der Waals surface area contributed by atoms with Gasteiger partial charge in [0.2, 0.25) is 5.91 Å². The van der Waals surface area contributed by atoms with Crippen molar-refractivity contribution in [3.63, 3.8) is 0 Å². The van der Waals surface area contributed by atoms with E-state index in [9.17, 15) is 14.4 Å². The number of nitrogens with one attached hydrogen (secondary N) is 1. The zero-order chi connectivity index (χ0) is 28.1. The van der Waals surface area contributed by atoms with Gasteiger partial charge in [0.25, 0.3) is 11.1 Å². The molecule has 4 rings (SSSR count). The summed E-state index contributed by atoms with van der Waals surface area (Å²) in [6.45, 7) is 5.87. The lowest BCUT2D eigenvalue weighted by molar-refractivity contribution is -0.127. The van der Waals surface area contributed by atoms with Gasteiger partial charge in [0, 0.05) is 16.3 Å². The van der Waals surface area contributed by atoms with Gasteiger partial charge in [0.05, 0.1) is 16.0 Å². The first-order valence-electron chi connectivity index (χ1n) is 12.1. The van der Waals surface area contributed by atoms with Crippen LogP contribution in [0.4, 0.5) is 10.5 Å². The third-order valence-corrected chi connectivity index (χ3v) is 7.75. The Balaban J connectivity index is 1.51. The average Bonchev–Trinajstić information content (AvgIpc) is 3.14. The number of carbonyl (C=O) groups is 3. The number of rotatable bonds is 9. The summed E-state index contributed by atoms with van der Waals surface area (Å²) >= 11 is 10.6. The van der Waals surface area contributed by atoms with Gasteiger partial charge in [-0.05, 0) is 89.4 Å². The fraction of sp³-hybridized carbons (Fsp3) is 0.207. The third kappa shape index (κ3) is 6.84. The maximum Gasteiger partial charge on any atom is 0.294 e. The van der Waals surface area contributed by atoms with Gasteiger partial charge in [-0.2, -0.15) is 0 Å². The zero-order valence-corrected chi connectivity index (χ0v) is 24.7. The molecule has 0 unspecified atom stereocenters. The van der Waals surface area contributed by atoms with Crippen LogP contribution in [-0.2, 0) is 16.2 Å². The number of imide groups is 1. The number of ether oxygens (including phenoxy) is 2. The van der Waals surface area contributed by atoms with E-state index in [1.807, 2.05) is 57.2 Å². The Hall–Kier alpha value is -3.27. The van der Waals surface area contributed by atoms with Gasteiger partial charge in [0.15, 0.2) is 11.5 Å². The molecule has 1 saturated heterocycles. The minimum Gasteiger partial charge on any atom is -0.490 e. The topological polar surface area (TPSA) is 84.9 Å². The molecule has 0 aliphatic carbocycles. The number of thioether (sulfide) groups is 1. The second kappa shape index (κ2) is 12.7. The van der Waals surface area contributed by atoms with Crippen molar-refractivity contribution in [2.45, 2.75) is 27.4 Å². The fourth-order valence-electron chi connectivity index (χ4n) is 3.96. The molecule has 3 aromatic carbocycles. The molecule has 202 valence electrons. The van der Waals surface area contributed by atoms with Crippen molar-refractivity contribution in [1.82, 2.24) is 4.90 Å². The molecule has 0 spiro atoms. The lowest BCUT2D eigenvalue weighted by atomic mass is 10.1. The summed E-state index contributed by atoms with van der Waals surface area (Å²) in [5.41, 5.74) is 3.92. The average molecular weight is 630 g/mol. The number of aryl methyl sites for hydroxylation is 2. The van der Waals surface area contributed by atoms with E-state index in [2.05, 4.69) is 21.2 Å². The van der Waals surface area contributed by atoms with E-state index in [0.717, 1.165) is 33.4 Å². The standard InChI is InChI=1S/C29H26BrClN2O5S/c1-4-37-23-13-19(12-21(30)27(23)38-16-20-10-5-6-11-22(20)31)14-24-28(35)33(29(36)39-24)15-25(34)32-26-17(2)8-7-9-18(26)3/h5-14H,4,15-16H2,1-3H3,(H,32,34)/b24-14+. The minimum atomic E-state index is -0.533. The highest BCUT2D eigenvalue weighted by Crippen LogP contribution is 2.40. The van der Waals surface area contributed by atoms with Crippen LogP contribution in [0, 0.1) is 13.8 Å². The molecular weight excluding hydrogens is 604 g/mol. The Morgan fingerprint density at radius 1 is 1.08 bits per heavy atom. The molecule has 1 fully saturated rings. The highest BCUT2D eigenvalue weighted by atomic mass is 79.9. The minimum absolute atomic E-state index is 0.207. The summed E-state index contributed by atoms with van der Waals surface area (Å²) in [6, 6.07) is 16.6. The molecule has 10 heteroatoms. The molecular formula is C29H26BrClN2O5S. The molecule has 0 bridgehead atoms. The highest BCUT2D eigenvalue weighted by molar-refractivity contribution is 9.10. The molecule has 1 N–H and O–H groups in total. The molecule has 1 heterocycles. The van der Waals surface area contributed by atoms with E-state index in [0.29, 0.717) is 38.9 Å². The van der Waals surface area contributed by atoms with E-state index in [1.54, 1.807) is 24.3 Å². The van der Waals surface area contributed by atoms with E-state index < -0.39 is 17.1 Å². The maximum atomic E-state index is 13.1. The number of hydrogen-bond acceptors (Lipinski definition) is 6. The number of amides is 3. The van der Waals surface area contributed by atoms with Gasteiger partial charge in [-0.15, -0.1) is 0 Å². The number of halogens is 2. The number of nitrogens with zero attached hydrogens (tertiary/aromatic N) is 1. The van der Waals surface area contributed by atoms with E-state index >= 15 is 0 Å². The molecule has 1 aliphatic rings. The lowest BCUT2D eigenvalue weighted by Crippen LogP contribution is -2.36. The van der Waals surface area contributed by atoms with Crippen molar-refractivity contribution in [3.05, 3.63) is 91.3 Å². The monoisotopic (exact) mass is 628 g/mol. The quantitative estimate of drug-likeness (QED) is 0.249. The second-order valence-electron chi connectivity index (χ2n) is 8.73. The van der Waals surface area contributed by atoms with Crippen molar-refractivity contribution in [1.29, 1.82) is 0 Å². The van der Waals surface area contributed by atoms with Gasteiger partial charge in [-0.1, -0.05) is 48.0 Å². The van der Waals surface area contributed by atoms with Crippen molar-refractivity contribution < 1.29 is 23.9 Å².